The highest BCUT2D eigenvalue weighted by atomic mass is 16.4. The zero-order valence-electron chi connectivity index (χ0n) is 35.0. The summed E-state index contributed by atoms with van der Waals surface area (Å²) >= 11 is 0. The van der Waals surface area contributed by atoms with Gasteiger partial charge in [-0.2, -0.15) is 0 Å². The molecule has 0 bridgehead atoms. The first-order chi connectivity index (χ1) is 32.6. The van der Waals surface area contributed by atoms with E-state index in [0.717, 1.165) is 116 Å². The van der Waals surface area contributed by atoms with Crippen LogP contribution in [0.15, 0.2) is 214 Å². The van der Waals surface area contributed by atoms with Crippen molar-refractivity contribution in [2.24, 2.45) is 0 Å². The largest absolute Gasteiger partial charge is 0.438 e. The number of hydrogen-bond donors (Lipinski definition) is 0. The number of furan rings is 3. The van der Waals surface area contributed by atoms with Gasteiger partial charge in [-0.25, -0.2) is 19.9 Å². The summed E-state index contributed by atoms with van der Waals surface area (Å²) < 4.78 is 18.2. The second-order valence-electron chi connectivity index (χ2n) is 16.7. The maximum atomic E-state index is 6.13. The van der Waals surface area contributed by atoms with Crippen molar-refractivity contribution in [2.75, 3.05) is 4.90 Å². The molecule has 0 N–H and O–H groups in total. The lowest BCUT2D eigenvalue weighted by Crippen LogP contribution is -2.10. The molecular formula is C58H33N5O3. The van der Waals surface area contributed by atoms with Crippen molar-refractivity contribution in [3.63, 3.8) is 0 Å². The molecule has 0 unspecified atom stereocenters. The molecule has 0 radical (unpaired) electrons. The fourth-order valence-electron chi connectivity index (χ4n) is 9.50. The Morgan fingerprint density at radius 2 is 0.818 bits per heavy atom. The van der Waals surface area contributed by atoms with Gasteiger partial charge in [0.1, 0.15) is 11.2 Å². The van der Waals surface area contributed by atoms with Crippen LogP contribution in [0.1, 0.15) is 0 Å². The van der Waals surface area contributed by atoms with E-state index in [-0.39, 0.29) is 0 Å². The number of nitrogens with zero attached hydrogens (tertiary/aromatic N) is 5. The van der Waals surface area contributed by atoms with Crippen LogP contribution in [-0.2, 0) is 0 Å². The van der Waals surface area contributed by atoms with Crippen LogP contribution in [0.2, 0.25) is 0 Å². The van der Waals surface area contributed by atoms with E-state index in [2.05, 4.69) is 154 Å². The second kappa shape index (κ2) is 14.2. The Bertz CT molecular complexity index is 4060. The molecule has 0 aliphatic heterocycles. The van der Waals surface area contributed by atoms with Crippen LogP contribution in [-0.4, -0.2) is 19.9 Å². The smallest absolute Gasteiger partial charge is 0.229 e. The van der Waals surface area contributed by atoms with Crippen molar-refractivity contribution in [1.29, 1.82) is 0 Å². The minimum absolute atomic E-state index is 0.578. The lowest BCUT2D eigenvalue weighted by molar-refractivity contribution is 0.640. The molecule has 0 spiro atoms. The fraction of sp³-hybridized carbons (Fsp3) is 0. The Morgan fingerprint density at radius 1 is 0.318 bits per heavy atom. The third-order valence-corrected chi connectivity index (χ3v) is 12.8. The average Bonchev–Trinajstić information content (AvgIpc) is 4.07. The van der Waals surface area contributed by atoms with E-state index < -0.39 is 0 Å². The maximum absolute atomic E-state index is 6.13. The molecule has 7 heterocycles. The van der Waals surface area contributed by atoms with Gasteiger partial charge in [0.15, 0.2) is 0 Å². The van der Waals surface area contributed by atoms with Gasteiger partial charge < -0.3 is 18.2 Å². The lowest BCUT2D eigenvalue weighted by Gasteiger charge is -2.26. The molecule has 8 nitrogen and oxygen atoms in total. The molecular weight excluding hydrogens is 815 g/mol. The molecule has 0 saturated carbocycles. The van der Waals surface area contributed by atoms with Gasteiger partial charge in [0.25, 0.3) is 0 Å². The Hall–Kier alpha value is -9.14. The van der Waals surface area contributed by atoms with E-state index in [0.29, 0.717) is 22.9 Å². The molecule has 308 valence electrons. The quantitative estimate of drug-likeness (QED) is 0.163. The zero-order chi connectivity index (χ0) is 43.3. The van der Waals surface area contributed by atoms with E-state index in [4.69, 9.17) is 23.2 Å². The van der Waals surface area contributed by atoms with Crippen LogP contribution >= 0.6 is 0 Å². The summed E-state index contributed by atoms with van der Waals surface area (Å²) in [6.07, 6.45) is 3.60. The molecule has 0 aliphatic rings. The molecule has 66 heavy (non-hydrogen) atoms. The molecule has 14 rings (SSSR count). The van der Waals surface area contributed by atoms with Crippen LogP contribution in [0, 0.1) is 0 Å². The predicted octanol–water partition coefficient (Wildman–Crippen LogP) is 15.7. The summed E-state index contributed by atoms with van der Waals surface area (Å²) in [5.74, 6) is 0. The van der Waals surface area contributed by atoms with Crippen LogP contribution in [0.5, 0.6) is 0 Å². The number of para-hydroxylation sites is 2. The van der Waals surface area contributed by atoms with Crippen molar-refractivity contribution >= 4 is 105 Å². The molecule has 0 aliphatic carbocycles. The first-order valence-corrected chi connectivity index (χ1v) is 21.8. The van der Waals surface area contributed by atoms with Gasteiger partial charge in [0, 0.05) is 73.1 Å². The summed E-state index contributed by atoms with van der Waals surface area (Å²) in [5, 5.41) is 10.5. The normalized spacial score (nSPS) is 11.9. The summed E-state index contributed by atoms with van der Waals surface area (Å²) in [4.78, 5) is 21.3. The molecule has 7 aromatic carbocycles. The molecule has 14 aromatic rings. The Labute approximate surface area is 375 Å². The number of rotatable bonds is 6. The van der Waals surface area contributed by atoms with Crippen molar-refractivity contribution in [3.8, 4) is 33.6 Å². The summed E-state index contributed by atoms with van der Waals surface area (Å²) in [7, 11) is 0. The highest BCUT2D eigenvalue weighted by Gasteiger charge is 2.18. The highest BCUT2D eigenvalue weighted by Crippen LogP contribution is 2.41. The molecule has 8 heteroatoms. The van der Waals surface area contributed by atoms with E-state index in [1.807, 2.05) is 54.7 Å². The third kappa shape index (κ3) is 5.86. The fourth-order valence-corrected chi connectivity index (χ4v) is 9.50. The highest BCUT2D eigenvalue weighted by molar-refractivity contribution is 6.06. The van der Waals surface area contributed by atoms with Gasteiger partial charge in [-0.3, -0.25) is 0 Å². The number of fused-ring (bicyclic) bond motifs is 11. The van der Waals surface area contributed by atoms with Crippen LogP contribution in [0.4, 0.5) is 17.1 Å². The summed E-state index contributed by atoms with van der Waals surface area (Å²) in [5.41, 5.74) is 13.0. The van der Waals surface area contributed by atoms with Gasteiger partial charge in [0.2, 0.25) is 22.9 Å². The van der Waals surface area contributed by atoms with E-state index in [1.54, 1.807) is 6.20 Å². The van der Waals surface area contributed by atoms with Gasteiger partial charge >= 0.3 is 0 Å². The van der Waals surface area contributed by atoms with Crippen LogP contribution in [0.25, 0.3) is 122 Å². The first kappa shape index (κ1) is 36.4. The number of pyridine rings is 4. The predicted molar refractivity (Wildman–Crippen MR) is 265 cm³/mol. The number of anilines is 3. The van der Waals surface area contributed by atoms with E-state index in [9.17, 15) is 0 Å². The number of benzene rings is 7. The van der Waals surface area contributed by atoms with Crippen molar-refractivity contribution < 1.29 is 13.3 Å². The second-order valence-corrected chi connectivity index (χ2v) is 16.7. The SMILES string of the molecule is c1ccc2c(c1)oc1nc(-c3ccc4cc(N(c5ccc(-c6cnc7oc8ncccc8c7c6)cc5)c5ccc6cc(-c7ccc8c(n7)oc7ccccc78)ccc6c5)ccc4c3)ccc12. The monoisotopic (exact) mass is 847 g/mol. The maximum Gasteiger partial charge on any atom is 0.229 e. The first-order valence-electron chi connectivity index (χ1n) is 21.8. The topological polar surface area (TPSA) is 94.2 Å². The van der Waals surface area contributed by atoms with Crippen LogP contribution < -0.4 is 4.90 Å². The third-order valence-electron chi connectivity index (χ3n) is 12.8. The minimum atomic E-state index is 0.578. The van der Waals surface area contributed by atoms with Crippen LogP contribution in [0.3, 0.4) is 0 Å². The van der Waals surface area contributed by atoms with Gasteiger partial charge in [0.05, 0.1) is 16.8 Å². The Balaban J connectivity index is 0.846. The van der Waals surface area contributed by atoms with Crippen molar-refractivity contribution in [2.45, 2.75) is 0 Å². The molecule has 0 atom stereocenters. The Kier molecular flexibility index (Phi) is 7.81. The van der Waals surface area contributed by atoms with E-state index >= 15 is 0 Å². The van der Waals surface area contributed by atoms with E-state index in [1.165, 1.54) is 0 Å². The summed E-state index contributed by atoms with van der Waals surface area (Å²) in [6.45, 7) is 0. The molecule has 0 saturated heterocycles. The lowest BCUT2D eigenvalue weighted by atomic mass is 10.0. The number of hydrogen-bond acceptors (Lipinski definition) is 8. The zero-order valence-corrected chi connectivity index (χ0v) is 35.0. The standard InChI is InChI=1S/C58H33N5O3/c1-3-9-53-45(6-1)48-23-25-51(61-57(48)64-53)39-13-11-37-30-43(21-17-35(37)28-39)63(42-19-15-34(16-20-42)41-32-50-47-8-5-27-59-55(47)66-56(50)60-33-41)44-22-18-36-29-40(14-12-38(36)31-44)52-26-24-49-46-7-2-4-10-54(46)65-58(49)62-52/h1-33H. The van der Waals surface area contributed by atoms with Gasteiger partial charge in [-0.15, -0.1) is 0 Å². The number of aromatic nitrogens is 4. The van der Waals surface area contributed by atoms with Gasteiger partial charge in [-0.1, -0.05) is 84.9 Å². The molecule has 0 amide bonds. The van der Waals surface area contributed by atoms with Gasteiger partial charge in [-0.05, 0) is 130 Å². The molecule has 7 aromatic heterocycles. The average molecular weight is 848 g/mol. The Morgan fingerprint density at radius 3 is 1.44 bits per heavy atom. The minimum Gasteiger partial charge on any atom is -0.438 e. The summed E-state index contributed by atoms with van der Waals surface area (Å²) in [6, 6.07) is 65.6. The molecule has 0 fully saturated rings. The van der Waals surface area contributed by atoms with Crippen molar-refractivity contribution in [1.82, 2.24) is 19.9 Å². The van der Waals surface area contributed by atoms with Crippen molar-refractivity contribution in [3.05, 3.63) is 200 Å².